The average Bonchev–Trinajstić information content (AvgIpc) is 3.13. The van der Waals surface area contributed by atoms with E-state index in [-0.39, 0.29) is 77.0 Å². The number of aromatic nitrogens is 1. The largest absolute Gasteiger partial charge is 0.487 e. The molecule has 2 aliphatic heterocycles. The minimum absolute atomic E-state index is 0.0768. The molecule has 1 aromatic heterocycles. The summed E-state index contributed by atoms with van der Waals surface area (Å²) in [7, 11) is 0. The van der Waals surface area contributed by atoms with Gasteiger partial charge in [-0.1, -0.05) is 12.6 Å². The molecule has 2 aromatic carbocycles. The van der Waals surface area contributed by atoms with Crippen LogP contribution in [0.25, 0.3) is 11.1 Å². The van der Waals surface area contributed by atoms with Gasteiger partial charge >= 0.3 is 0 Å². The Labute approximate surface area is 254 Å². The molecule has 1 fully saturated rings. The van der Waals surface area contributed by atoms with E-state index in [9.17, 15) is 15.3 Å². The van der Waals surface area contributed by atoms with E-state index in [1.165, 1.54) is 19.2 Å². The van der Waals surface area contributed by atoms with Crippen LogP contribution in [0.15, 0.2) is 37.1 Å². The molecule has 10 nitrogen and oxygen atoms in total. The van der Waals surface area contributed by atoms with Crippen LogP contribution in [0.5, 0.6) is 5.75 Å². The number of carbonyl (C=O) groups is 1. The number of amides is 1. The number of nitrogen functional groups attached to an aromatic ring is 1. The number of hydrogen-bond donors (Lipinski definition) is 5. The van der Waals surface area contributed by atoms with Gasteiger partial charge in [-0.2, -0.15) is 0 Å². The van der Waals surface area contributed by atoms with E-state index < -0.39 is 29.3 Å². The van der Waals surface area contributed by atoms with Gasteiger partial charge in [-0.15, -0.1) is 0 Å². The van der Waals surface area contributed by atoms with E-state index in [1.807, 2.05) is 6.92 Å². The number of nitrogens with zero attached hydrogens (tertiary/aromatic N) is 3. The first-order valence-electron chi connectivity index (χ1n) is 14.2. The van der Waals surface area contributed by atoms with Crippen LogP contribution in [0, 0.1) is 36.3 Å². The zero-order valence-electron chi connectivity index (χ0n) is 25.0. The first-order valence-corrected chi connectivity index (χ1v) is 14.2. The number of aliphatic hydroxyl groups excluding tert-OH is 1. The Morgan fingerprint density at radius 3 is 2.57 bits per heavy atom. The fraction of sp³-hybridized carbons (Fsp3) is 0.312. The third kappa shape index (κ3) is 4.94. The number of aryl methyl sites for hydroxylation is 2. The molecular weight excluding hydrogens is 568 g/mol. The van der Waals surface area contributed by atoms with E-state index in [0.29, 0.717) is 16.8 Å². The molecule has 0 spiro atoms. The molecule has 0 saturated carbocycles. The Kier molecular flexibility index (Phi) is 8.13. The number of pyridine rings is 1. The molecule has 1 saturated heterocycles. The predicted octanol–water partition coefficient (Wildman–Crippen LogP) is 4.83. The second kappa shape index (κ2) is 11.7. The average molecular weight is 604 g/mol. The van der Waals surface area contributed by atoms with Gasteiger partial charge in [0.25, 0.3) is 0 Å². The Morgan fingerprint density at radius 2 is 1.91 bits per heavy atom. The van der Waals surface area contributed by atoms with Crippen molar-refractivity contribution < 1.29 is 23.4 Å². The third-order valence-electron chi connectivity index (χ3n) is 8.29. The van der Waals surface area contributed by atoms with Gasteiger partial charge in [-0.25, -0.2) is 8.78 Å². The topological polar surface area (TPSA) is 152 Å². The highest BCUT2D eigenvalue weighted by atomic mass is 19.1. The number of ether oxygens (including phenoxy) is 1. The lowest BCUT2D eigenvalue weighted by molar-refractivity contribution is -0.131. The van der Waals surface area contributed by atoms with Crippen molar-refractivity contribution in [3.8, 4) is 16.9 Å². The highest BCUT2D eigenvalue weighted by Crippen LogP contribution is 2.46. The van der Waals surface area contributed by atoms with E-state index >= 15 is 8.78 Å². The number of amidine groups is 1. The van der Waals surface area contributed by atoms with Gasteiger partial charge in [0.1, 0.15) is 12.4 Å². The van der Waals surface area contributed by atoms with Crippen molar-refractivity contribution in [1.29, 1.82) is 10.8 Å². The van der Waals surface area contributed by atoms with Crippen LogP contribution in [0.1, 0.15) is 47.9 Å². The fourth-order valence-electron chi connectivity index (χ4n) is 5.98. The minimum Gasteiger partial charge on any atom is -0.487 e. The minimum atomic E-state index is -1.05. The van der Waals surface area contributed by atoms with Crippen LogP contribution in [0.3, 0.4) is 0 Å². The number of anilines is 3. The van der Waals surface area contributed by atoms with E-state index in [0.717, 1.165) is 6.21 Å². The smallest absolute Gasteiger partial charge is 0.246 e. The number of carbonyl (C=O) groups excluding carboxylic acids is 1. The second-order valence-corrected chi connectivity index (χ2v) is 11.2. The highest BCUT2D eigenvalue weighted by Gasteiger charge is 2.41. The highest BCUT2D eigenvalue weighted by molar-refractivity contribution is 6.08. The van der Waals surface area contributed by atoms with Gasteiger partial charge in [-0.05, 0) is 57.0 Å². The first-order chi connectivity index (χ1) is 20.9. The maximum absolute atomic E-state index is 17.1. The summed E-state index contributed by atoms with van der Waals surface area (Å²) in [5, 5.41) is 30.8. The number of nitrogens with two attached hydrogens (primary N) is 1. The van der Waals surface area contributed by atoms with Crippen molar-refractivity contribution in [2.75, 3.05) is 30.7 Å². The lowest BCUT2D eigenvalue weighted by atomic mass is 9.90. The molecule has 0 radical (unpaired) electrons. The molecule has 12 heteroatoms. The number of benzene rings is 2. The van der Waals surface area contributed by atoms with Crippen LogP contribution in [0.2, 0.25) is 0 Å². The first kappa shape index (κ1) is 30.6. The Morgan fingerprint density at radius 1 is 1.18 bits per heavy atom. The van der Waals surface area contributed by atoms with Crippen molar-refractivity contribution in [3.05, 3.63) is 76.6 Å². The summed E-state index contributed by atoms with van der Waals surface area (Å²) >= 11 is 0. The van der Waals surface area contributed by atoms with Crippen LogP contribution in [0.4, 0.5) is 25.8 Å². The van der Waals surface area contributed by atoms with E-state index in [4.69, 9.17) is 15.9 Å². The van der Waals surface area contributed by atoms with Crippen molar-refractivity contribution in [3.63, 3.8) is 0 Å². The summed E-state index contributed by atoms with van der Waals surface area (Å²) in [6.45, 7) is 10.6. The van der Waals surface area contributed by atoms with Gasteiger partial charge in [0.15, 0.2) is 17.4 Å². The molecule has 2 aliphatic rings. The number of hydrogen-bond acceptors (Lipinski definition) is 8. The summed E-state index contributed by atoms with van der Waals surface area (Å²) in [6, 6.07) is 4.00. The van der Waals surface area contributed by atoms with Crippen molar-refractivity contribution in [2.24, 2.45) is 0 Å². The molecule has 3 atom stereocenters. The van der Waals surface area contributed by atoms with E-state index in [1.54, 1.807) is 41.8 Å². The van der Waals surface area contributed by atoms with Crippen LogP contribution >= 0.6 is 0 Å². The third-order valence-corrected chi connectivity index (χ3v) is 8.29. The lowest BCUT2D eigenvalue weighted by Crippen LogP contribution is -2.61. The molecule has 3 unspecified atom stereocenters. The zero-order chi connectivity index (χ0) is 32.0. The molecular formula is C32H35F2N7O3. The number of piperazine rings is 1. The number of halogens is 2. The standard InChI is InChI=1S/C32H35F2N7O3/c1-6-22(43)40-13-19-14-44-31-25(32(37)41(19)12-17(40)4)30(39-28-16(3)9-10-38-29(28)18(5)42)26(33)24(27(31)34)23-15(2)7-8-21(36)20(23)11-35/h6-11,17-19,35,37,39,42H,1,12-14,36H2,2-5H3. The second-order valence-electron chi connectivity index (χ2n) is 11.2. The number of aliphatic hydroxyl groups is 1. The van der Waals surface area contributed by atoms with Crippen LogP contribution in [-0.4, -0.2) is 69.6 Å². The molecule has 230 valence electrons. The Hall–Kier alpha value is -4.84. The maximum Gasteiger partial charge on any atom is 0.246 e. The summed E-state index contributed by atoms with van der Waals surface area (Å²) in [4.78, 5) is 20.1. The van der Waals surface area contributed by atoms with Gasteiger partial charge < -0.3 is 36.1 Å². The predicted molar refractivity (Wildman–Crippen MR) is 166 cm³/mol. The summed E-state index contributed by atoms with van der Waals surface area (Å²) in [5.74, 6) is -2.89. The Bertz CT molecular complexity index is 1710. The van der Waals surface area contributed by atoms with Crippen molar-refractivity contribution in [1.82, 2.24) is 14.8 Å². The molecule has 1 amide bonds. The molecule has 3 heterocycles. The SMILES string of the molecule is C=CC(=O)N1CC2COc3c(F)c(-c4c(C)ccc(N)c4C=N)c(F)c(Nc4c(C)ccnc4C(C)O)c3C(=N)N2CC1C. The molecule has 44 heavy (non-hydrogen) atoms. The van der Waals surface area contributed by atoms with Crippen LogP contribution < -0.4 is 15.8 Å². The number of nitrogens with one attached hydrogen (secondary N) is 3. The zero-order valence-corrected chi connectivity index (χ0v) is 25.0. The summed E-state index contributed by atoms with van der Waals surface area (Å²) < 4.78 is 39.9. The molecule has 5 rings (SSSR count). The summed E-state index contributed by atoms with van der Waals surface area (Å²) in [5.41, 5.74) is 7.24. The van der Waals surface area contributed by atoms with Gasteiger partial charge in [0.2, 0.25) is 5.91 Å². The maximum atomic E-state index is 17.1. The van der Waals surface area contributed by atoms with Crippen molar-refractivity contribution in [2.45, 2.75) is 45.9 Å². The molecule has 0 bridgehead atoms. The number of fused-ring (bicyclic) bond motifs is 2. The normalized spacial score (nSPS) is 18.5. The molecule has 6 N–H and O–H groups in total. The summed E-state index contributed by atoms with van der Waals surface area (Å²) in [6.07, 6.45) is 2.65. The van der Waals surface area contributed by atoms with E-state index in [2.05, 4.69) is 16.9 Å². The quantitative estimate of drug-likeness (QED) is 0.154. The molecule has 3 aromatic rings. The van der Waals surface area contributed by atoms with Crippen LogP contribution in [-0.2, 0) is 4.79 Å². The monoisotopic (exact) mass is 603 g/mol. The fourth-order valence-corrected chi connectivity index (χ4v) is 5.98. The molecule has 0 aliphatic carbocycles. The van der Waals surface area contributed by atoms with Gasteiger partial charge in [-0.3, -0.25) is 15.2 Å². The van der Waals surface area contributed by atoms with Gasteiger partial charge in [0, 0.05) is 48.4 Å². The number of rotatable bonds is 6. The Balaban J connectivity index is 1.80. The van der Waals surface area contributed by atoms with Crippen molar-refractivity contribution >= 4 is 35.0 Å². The lowest BCUT2D eigenvalue weighted by Gasteiger charge is -2.44. The van der Waals surface area contributed by atoms with Gasteiger partial charge in [0.05, 0.1) is 40.3 Å².